The zero-order valence-electron chi connectivity index (χ0n) is 14.8. The average molecular weight is 366 g/mol. The van der Waals surface area contributed by atoms with Gasteiger partial charge in [0.05, 0.1) is 11.1 Å². The summed E-state index contributed by atoms with van der Waals surface area (Å²) in [7, 11) is 1.43. The van der Waals surface area contributed by atoms with Crippen molar-refractivity contribution in [3.8, 4) is 11.5 Å². The fourth-order valence-corrected chi connectivity index (χ4v) is 3.17. The minimum atomic E-state index is -0.388. The number of hydrogen-bond donors (Lipinski definition) is 1. The molecule has 0 aromatic heterocycles. The largest absolute Gasteiger partial charge is 0.486 e. The molecule has 2 aliphatic heterocycles. The molecule has 2 heterocycles. The number of nitrogens with one attached hydrogen (secondary N) is 1. The van der Waals surface area contributed by atoms with Gasteiger partial charge in [0.25, 0.3) is 17.7 Å². The zero-order valence-corrected chi connectivity index (χ0v) is 14.8. The van der Waals surface area contributed by atoms with E-state index >= 15 is 0 Å². The zero-order chi connectivity index (χ0) is 19.0. The van der Waals surface area contributed by atoms with Crippen molar-refractivity contribution in [2.45, 2.75) is 6.42 Å². The van der Waals surface area contributed by atoms with Crippen LogP contribution in [0, 0.1) is 0 Å². The Morgan fingerprint density at radius 2 is 1.74 bits per heavy atom. The maximum absolute atomic E-state index is 12.4. The molecule has 3 amide bonds. The van der Waals surface area contributed by atoms with E-state index in [1.807, 2.05) is 18.2 Å². The molecule has 2 aliphatic rings. The molecule has 4 rings (SSSR count). The van der Waals surface area contributed by atoms with Gasteiger partial charge in [-0.2, -0.15) is 0 Å². The third-order valence-corrected chi connectivity index (χ3v) is 4.66. The summed E-state index contributed by atoms with van der Waals surface area (Å²) in [6.45, 7) is 1.51. The molecular weight excluding hydrogens is 348 g/mol. The third kappa shape index (κ3) is 3.12. The Labute approximate surface area is 155 Å². The van der Waals surface area contributed by atoms with Gasteiger partial charge in [0.2, 0.25) is 0 Å². The van der Waals surface area contributed by atoms with Crippen molar-refractivity contribution in [3.05, 3.63) is 58.7 Å². The summed E-state index contributed by atoms with van der Waals surface area (Å²) in [5.74, 6) is 0.430. The van der Waals surface area contributed by atoms with E-state index in [0.717, 1.165) is 22.0 Å². The van der Waals surface area contributed by atoms with Gasteiger partial charge in [0.15, 0.2) is 11.5 Å². The van der Waals surface area contributed by atoms with Gasteiger partial charge in [0.1, 0.15) is 13.2 Å². The van der Waals surface area contributed by atoms with Crippen LogP contribution in [0.15, 0.2) is 36.4 Å². The molecule has 2 aromatic carbocycles. The third-order valence-electron chi connectivity index (χ3n) is 4.66. The molecule has 27 heavy (non-hydrogen) atoms. The van der Waals surface area contributed by atoms with Crippen molar-refractivity contribution in [2.75, 3.05) is 26.8 Å². The molecule has 2 aromatic rings. The van der Waals surface area contributed by atoms with E-state index in [0.29, 0.717) is 37.3 Å². The molecule has 0 radical (unpaired) electrons. The molecule has 0 aliphatic carbocycles. The lowest BCUT2D eigenvalue weighted by Crippen LogP contribution is -2.26. The van der Waals surface area contributed by atoms with Gasteiger partial charge in [-0.25, -0.2) is 0 Å². The summed E-state index contributed by atoms with van der Waals surface area (Å²) in [5, 5.41) is 2.84. The second-order valence-corrected chi connectivity index (χ2v) is 6.41. The Kier molecular flexibility index (Phi) is 4.27. The lowest BCUT2D eigenvalue weighted by atomic mass is 10.1. The van der Waals surface area contributed by atoms with Gasteiger partial charge in [0, 0.05) is 19.2 Å². The van der Waals surface area contributed by atoms with E-state index < -0.39 is 0 Å². The number of rotatable bonds is 4. The number of fused-ring (bicyclic) bond motifs is 2. The van der Waals surface area contributed by atoms with Crippen molar-refractivity contribution >= 4 is 17.7 Å². The van der Waals surface area contributed by atoms with Gasteiger partial charge in [-0.05, 0) is 42.3 Å². The molecular formula is C20H18N2O5. The van der Waals surface area contributed by atoms with Crippen LogP contribution in [0.1, 0.15) is 36.6 Å². The fraction of sp³-hybridized carbons (Fsp3) is 0.250. The van der Waals surface area contributed by atoms with E-state index in [4.69, 9.17) is 9.47 Å². The summed E-state index contributed by atoms with van der Waals surface area (Å²) < 4.78 is 11.0. The lowest BCUT2D eigenvalue weighted by molar-refractivity contribution is 0.0693. The first-order valence-electron chi connectivity index (χ1n) is 8.68. The van der Waals surface area contributed by atoms with Crippen LogP contribution in [-0.2, 0) is 6.42 Å². The predicted octanol–water partition coefficient (Wildman–Crippen LogP) is 1.66. The predicted molar refractivity (Wildman–Crippen MR) is 96.3 cm³/mol. The summed E-state index contributed by atoms with van der Waals surface area (Å²) in [5.41, 5.74) is 1.97. The number of amides is 3. The van der Waals surface area contributed by atoms with Crippen molar-refractivity contribution < 1.29 is 23.9 Å². The van der Waals surface area contributed by atoms with Gasteiger partial charge < -0.3 is 14.8 Å². The van der Waals surface area contributed by atoms with Crippen LogP contribution in [0.5, 0.6) is 11.5 Å². The van der Waals surface area contributed by atoms with Crippen LogP contribution in [0.2, 0.25) is 0 Å². The maximum Gasteiger partial charge on any atom is 0.261 e. The first-order chi connectivity index (χ1) is 13.0. The number of nitrogens with zero attached hydrogens (tertiary/aromatic N) is 1. The van der Waals surface area contributed by atoms with Crippen LogP contribution in [0.25, 0.3) is 0 Å². The Balaban J connectivity index is 1.39. The lowest BCUT2D eigenvalue weighted by Gasteiger charge is -2.18. The van der Waals surface area contributed by atoms with E-state index in [-0.39, 0.29) is 23.3 Å². The number of benzene rings is 2. The van der Waals surface area contributed by atoms with E-state index in [1.165, 1.54) is 19.2 Å². The summed E-state index contributed by atoms with van der Waals surface area (Å²) in [6, 6.07) is 10.3. The molecule has 0 atom stereocenters. The second-order valence-electron chi connectivity index (χ2n) is 6.41. The molecule has 0 saturated carbocycles. The van der Waals surface area contributed by atoms with Crippen molar-refractivity contribution in [2.24, 2.45) is 0 Å². The minimum Gasteiger partial charge on any atom is -0.486 e. The smallest absolute Gasteiger partial charge is 0.261 e. The highest BCUT2D eigenvalue weighted by Gasteiger charge is 2.33. The first kappa shape index (κ1) is 17.1. The van der Waals surface area contributed by atoms with Gasteiger partial charge in [-0.1, -0.05) is 6.07 Å². The molecule has 0 bridgehead atoms. The molecule has 7 heteroatoms. The van der Waals surface area contributed by atoms with Crippen molar-refractivity contribution in [1.29, 1.82) is 0 Å². The average Bonchev–Trinajstić information content (AvgIpc) is 2.91. The fourth-order valence-electron chi connectivity index (χ4n) is 3.17. The van der Waals surface area contributed by atoms with Crippen molar-refractivity contribution in [3.63, 3.8) is 0 Å². The standard InChI is InChI=1S/C20H18N2O5/c1-22-19(24)14-4-3-13(11-15(14)20(22)25)18(23)21-7-6-12-2-5-16-17(10-12)27-9-8-26-16/h2-5,10-11H,6-9H2,1H3,(H,21,23). The Bertz CT molecular complexity index is 953. The molecule has 0 fully saturated rings. The maximum atomic E-state index is 12.4. The highest BCUT2D eigenvalue weighted by atomic mass is 16.6. The van der Waals surface area contributed by atoms with Crippen LogP contribution in [0.4, 0.5) is 0 Å². The van der Waals surface area contributed by atoms with Crippen LogP contribution in [0.3, 0.4) is 0 Å². The summed E-state index contributed by atoms with van der Waals surface area (Å²) in [4.78, 5) is 37.4. The normalized spacial score (nSPS) is 14.9. The quantitative estimate of drug-likeness (QED) is 0.832. The monoisotopic (exact) mass is 366 g/mol. The van der Waals surface area contributed by atoms with Gasteiger partial charge in [-0.3, -0.25) is 19.3 Å². The van der Waals surface area contributed by atoms with Crippen molar-refractivity contribution in [1.82, 2.24) is 10.2 Å². The Hall–Kier alpha value is -3.35. The van der Waals surface area contributed by atoms with E-state index in [1.54, 1.807) is 6.07 Å². The highest BCUT2D eigenvalue weighted by molar-refractivity contribution is 6.21. The van der Waals surface area contributed by atoms with E-state index in [9.17, 15) is 14.4 Å². The van der Waals surface area contributed by atoms with Gasteiger partial charge in [-0.15, -0.1) is 0 Å². The topological polar surface area (TPSA) is 84.9 Å². The molecule has 1 N–H and O–H groups in total. The van der Waals surface area contributed by atoms with Crippen LogP contribution < -0.4 is 14.8 Å². The number of carbonyl (C=O) groups is 3. The molecule has 0 spiro atoms. The van der Waals surface area contributed by atoms with Gasteiger partial charge >= 0.3 is 0 Å². The second kappa shape index (κ2) is 6.75. The molecule has 0 saturated heterocycles. The molecule has 138 valence electrons. The molecule has 7 nitrogen and oxygen atoms in total. The highest BCUT2D eigenvalue weighted by Crippen LogP contribution is 2.30. The summed E-state index contributed by atoms with van der Waals surface area (Å²) in [6.07, 6.45) is 0.632. The number of carbonyl (C=O) groups excluding carboxylic acids is 3. The first-order valence-corrected chi connectivity index (χ1v) is 8.68. The minimum absolute atomic E-state index is 0.266. The number of hydrogen-bond acceptors (Lipinski definition) is 5. The SMILES string of the molecule is CN1C(=O)c2ccc(C(=O)NCCc3ccc4c(c3)OCCO4)cc2C1=O. The number of imide groups is 1. The Morgan fingerprint density at radius 1 is 1.00 bits per heavy atom. The molecule has 0 unspecified atom stereocenters. The Morgan fingerprint density at radius 3 is 2.56 bits per heavy atom. The van der Waals surface area contributed by atoms with Crippen LogP contribution in [-0.4, -0.2) is 49.4 Å². The summed E-state index contributed by atoms with van der Waals surface area (Å²) >= 11 is 0. The number of ether oxygens (including phenoxy) is 2. The van der Waals surface area contributed by atoms with E-state index in [2.05, 4.69) is 5.32 Å². The van der Waals surface area contributed by atoms with Crippen LogP contribution >= 0.6 is 0 Å².